The lowest BCUT2D eigenvalue weighted by molar-refractivity contribution is 0.323. The Kier molecular flexibility index (Phi) is 33.1. The maximum absolute atomic E-state index is 12.2. The fourth-order valence-electron chi connectivity index (χ4n) is 9.82. The number of hydrogen-bond acceptors (Lipinski definition) is 8. The van der Waals surface area contributed by atoms with E-state index in [0.717, 1.165) is 100 Å². The van der Waals surface area contributed by atoms with Crippen LogP contribution in [0.25, 0.3) is 11.0 Å². The number of halogens is 8. The minimum Gasteiger partial charge on any atom is -0.326 e. The number of aromatic nitrogens is 5. The molecule has 5 aromatic heterocycles. The zero-order valence-corrected chi connectivity index (χ0v) is 57.5. The highest BCUT2D eigenvalue weighted by atomic mass is 127. The quantitative estimate of drug-likeness (QED) is 0.0693. The summed E-state index contributed by atoms with van der Waals surface area (Å²) in [6.45, 7) is 11.3. The van der Waals surface area contributed by atoms with Crippen molar-refractivity contribution in [3.8, 4) is 24.2 Å². The Morgan fingerprint density at radius 3 is 1.43 bits per heavy atom. The van der Waals surface area contributed by atoms with Crippen molar-refractivity contribution in [3.63, 3.8) is 0 Å². The van der Waals surface area contributed by atoms with E-state index in [1.54, 1.807) is 12.1 Å². The van der Waals surface area contributed by atoms with E-state index in [9.17, 15) is 4.39 Å². The van der Waals surface area contributed by atoms with Crippen LogP contribution in [-0.2, 0) is 45.3 Å². The molecule has 12 rings (SSSR count). The van der Waals surface area contributed by atoms with Crippen molar-refractivity contribution in [2.24, 2.45) is 5.73 Å². The molecule has 0 aliphatic carbocycles. The number of likely N-dealkylation sites (tertiary alicyclic amines) is 3. The predicted molar refractivity (Wildman–Crippen MR) is 384 cm³/mol. The van der Waals surface area contributed by atoms with E-state index in [2.05, 4.69) is 140 Å². The smallest absolute Gasteiger partial charge is 0.226 e. The van der Waals surface area contributed by atoms with E-state index in [-0.39, 0.29) is 12.4 Å². The SMILES string of the molecule is C#CCN1CCCC1.Cl.Clc1ccc(CCc2ncccc2C#CCN2CCCC2)cc1.Clc1ccc(CCc2ncccc2I)cc1.Clc1ccc(Cn2c(CN3CCCC3)cc3cccnc32)cc1.Fc1ncccc1I.NCc1ccc(Cl)cc1. The first-order valence-electron chi connectivity index (χ1n) is 29.4. The highest BCUT2D eigenvalue weighted by Crippen LogP contribution is 2.24. The average Bonchev–Trinajstić information content (AvgIpc) is 3.42. The molecule has 3 saturated heterocycles. The molecule has 17 heteroatoms. The molecule has 0 bridgehead atoms. The molecule has 0 spiro atoms. The summed E-state index contributed by atoms with van der Waals surface area (Å²) in [4.78, 5) is 24.2. The van der Waals surface area contributed by atoms with Crippen molar-refractivity contribution < 1.29 is 4.39 Å². The molecule has 0 amide bonds. The van der Waals surface area contributed by atoms with Crippen molar-refractivity contribution in [1.29, 1.82) is 0 Å². The molecule has 0 saturated carbocycles. The van der Waals surface area contributed by atoms with E-state index in [4.69, 9.17) is 58.6 Å². The van der Waals surface area contributed by atoms with Gasteiger partial charge in [0.2, 0.25) is 5.95 Å². The molecular formula is C71H75Cl5FI2N9. The fourth-order valence-corrected chi connectivity index (χ4v) is 11.3. The number of nitrogens with two attached hydrogens (primary N) is 1. The lowest BCUT2D eigenvalue weighted by atomic mass is 10.0. The molecule has 3 aliphatic rings. The molecule has 0 atom stereocenters. The largest absolute Gasteiger partial charge is 0.326 e. The van der Waals surface area contributed by atoms with Gasteiger partial charge in [-0.15, -0.1) is 18.8 Å². The molecule has 4 aromatic carbocycles. The van der Waals surface area contributed by atoms with Crippen molar-refractivity contribution in [2.75, 3.05) is 52.4 Å². The first kappa shape index (κ1) is 71.9. The highest BCUT2D eigenvalue weighted by Gasteiger charge is 2.17. The first-order chi connectivity index (χ1) is 42.4. The van der Waals surface area contributed by atoms with Gasteiger partial charge in [-0.05, 0) is 274 Å². The maximum Gasteiger partial charge on any atom is 0.226 e. The Hall–Kier alpha value is -5.18. The third-order valence-electron chi connectivity index (χ3n) is 14.5. The monoisotopic (exact) mass is 1500 g/mol. The van der Waals surface area contributed by atoms with Crippen LogP contribution in [0, 0.1) is 37.3 Å². The maximum atomic E-state index is 12.2. The number of hydrogen-bond donors (Lipinski definition) is 1. The van der Waals surface area contributed by atoms with E-state index in [1.807, 2.05) is 120 Å². The van der Waals surface area contributed by atoms with Crippen LogP contribution in [0.1, 0.15) is 83.4 Å². The number of nitrogens with zero attached hydrogens (tertiary/aromatic N) is 8. The predicted octanol–water partition coefficient (Wildman–Crippen LogP) is 17.2. The first-order valence-corrected chi connectivity index (χ1v) is 33.1. The number of fused-ring (bicyclic) bond motifs is 1. The lowest BCUT2D eigenvalue weighted by Gasteiger charge is -2.17. The average molecular weight is 1500 g/mol. The van der Waals surface area contributed by atoms with Crippen molar-refractivity contribution in [1.82, 2.24) is 39.2 Å². The molecule has 8 heterocycles. The second kappa shape index (κ2) is 40.5. The number of benzene rings is 4. The van der Waals surface area contributed by atoms with Gasteiger partial charge in [-0.3, -0.25) is 24.7 Å². The lowest BCUT2D eigenvalue weighted by Crippen LogP contribution is -2.20. The van der Waals surface area contributed by atoms with Crippen molar-refractivity contribution in [2.45, 2.75) is 83.8 Å². The molecule has 9 nitrogen and oxygen atoms in total. The summed E-state index contributed by atoms with van der Waals surface area (Å²) >= 11 is 27.6. The topological polar surface area (TPSA) is 92.2 Å². The molecule has 3 aliphatic heterocycles. The fraction of sp³-hybridized carbons (Fsp3) is 0.296. The molecule has 9 aromatic rings. The van der Waals surface area contributed by atoms with Gasteiger partial charge in [-0.25, -0.2) is 9.97 Å². The summed E-state index contributed by atoms with van der Waals surface area (Å²) in [6.07, 6.45) is 23.9. The molecular weight excluding hydrogens is 1430 g/mol. The van der Waals surface area contributed by atoms with Gasteiger partial charge in [-0.1, -0.05) is 113 Å². The van der Waals surface area contributed by atoms with Crippen LogP contribution in [0.3, 0.4) is 0 Å². The summed E-state index contributed by atoms with van der Waals surface area (Å²) in [5.41, 5.74) is 16.0. The van der Waals surface area contributed by atoms with Crippen LogP contribution in [0.15, 0.2) is 176 Å². The van der Waals surface area contributed by atoms with Gasteiger partial charge >= 0.3 is 0 Å². The van der Waals surface area contributed by atoms with E-state index >= 15 is 0 Å². The van der Waals surface area contributed by atoms with Crippen LogP contribution < -0.4 is 5.73 Å². The zero-order valence-electron chi connectivity index (χ0n) is 49.4. The Bertz CT molecular complexity index is 3540. The van der Waals surface area contributed by atoms with Crippen LogP contribution in [0.4, 0.5) is 4.39 Å². The van der Waals surface area contributed by atoms with Gasteiger partial charge in [-0.2, -0.15) is 4.39 Å². The van der Waals surface area contributed by atoms with E-state index in [0.29, 0.717) is 10.1 Å². The van der Waals surface area contributed by atoms with E-state index in [1.165, 1.54) is 115 Å². The second-order valence-electron chi connectivity index (χ2n) is 21.0. The molecule has 3 fully saturated rings. The standard InChI is InChI=1S/C20H21ClN2.C19H20ClN3.C13H11ClIN.C7H8ClN.C7H11N.C5H3FIN.ClH/c21-19-10-7-17(8-11-19)9-12-20-18(5-3-13-22-20)6-4-16-23-14-1-2-15-23;20-17-7-5-15(6-8-17)13-23-18(14-22-10-1-2-11-22)12-16-4-3-9-21-19(16)23;14-11-6-3-10(4-7-11)5-8-13-12(15)2-1-9-16-13;8-7-3-1-6(5-9)2-4-7;1-2-5-8-6-3-4-7-8;6-5-4(7)2-1-3-8-5;/h3,5,7-8,10-11,13H,1-2,9,12,14-16H2;3-9,12H,1-2,10-11,13-14H2;1-4,6-7,9H,5,8H2;1-4H,5,9H2;1H,3-7H2;1-3H;1H. The normalized spacial score (nSPS) is 13.4. The third kappa shape index (κ3) is 26.0. The summed E-state index contributed by atoms with van der Waals surface area (Å²) in [5.74, 6) is 8.86. The van der Waals surface area contributed by atoms with Crippen LogP contribution in [-0.4, -0.2) is 91.6 Å². The van der Waals surface area contributed by atoms with Gasteiger partial charge in [0.15, 0.2) is 0 Å². The van der Waals surface area contributed by atoms with Crippen LogP contribution in [0.5, 0.6) is 0 Å². The molecule has 460 valence electrons. The summed E-state index contributed by atoms with van der Waals surface area (Å²) in [5, 5.41) is 4.32. The molecule has 88 heavy (non-hydrogen) atoms. The minimum absolute atomic E-state index is 0. The molecule has 2 N–H and O–H groups in total. The summed E-state index contributed by atoms with van der Waals surface area (Å²) < 4.78 is 16.3. The van der Waals surface area contributed by atoms with Crippen molar-refractivity contribution >= 4 is 115 Å². The Morgan fingerprint density at radius 2 is 0.932 bits per heavy atom. The zero-order chi connectivity index (χ0) is 61.4. The number of aryl methyl sites for hydroxylation is 4. The van der Waals surface area contributed by atoms with Gasteiger partial charge < -0.3 is 10.3 Å². The summed E-state index contributed by atoms with van der Waals surface area (Å²) in [7, 11) is 0. The Labute approximate surface area is 574 Å². The van der Waals surface area contributed by atoms with Crippen LogP contribution in [0.2, 0.25) is 20.1 Å². The van der Waals surface area contributed by atoms with Crippen LogP contribution >= 0.6 is 104 Å². The van der Waals surface area contributed by atoms with Gasteiger partial charge in [0, 0.05) is 84.7 Å². The van der Waals surface area contributed by atoms with Gasteiger partial charge in [0.05, 0.1) is 28.0 Å². The Morgan fingerprint density at radius 1 is 0.489 bits per heavy atom. The number of terminal acetylenes is 1. The minimum atomic E-state index is -0.395. The number of pyridine rings is 4. The van der Waals surface area contributed by atoms with Crippen molar-refractivity contribution in [3.05, 3.63) is 255 Å². The Balaban J connectivity index is 0.000000177. The third-order valence-corrected chi connectivity index (χ3v) is 17.3. The highest BCUT2D eigenvalue weighted by molar-refractivity contribution is 14.1. The second-order valence-corrected chi connectivity index (χ2v) is 25.1. The molecule has 0 unspecified atom stereocenters. The number of rotatable bonds is 13. The van der Waals surface area contributed by atoms with Gasteiger partial charge in [0.25, 0.3) is 0 Å². The van der Waals surface area contributed by atoms with Gasteiger partial charge in [0.1, 0.15) is 5.65 Å². The van der Waals surface area contributed by atoms with E-state index < -0.39 is 5.95 Å². The summed E-state index contributed by atoms with van der Waals surface area (Å²) in [6, 6.07) is 49.5. The molecule has 0 radical (unpaired) electrons.